The molecule has 2 heteroatoms. The van der Waals surface area contributed by atoms with Crippen molar-refractivity contribution < 1.29 is 5.11 Å². The molecule has 0 atom stereocenters. The van der Waals surface area contributed by atoms with Gasteiger partial charge in [-0.05, 0) is 36.1 Å². The molecule has 0 saturated heterocycles. The SMILES string of the molecule is CCCCCCCCCCCCCCCCCCSc1cc(C(C)C)c([O])c(C(C)C)c1. The molecule has 0 aliphatic carbocycles. The van der Waals surface area contributed by atoms with Gasteiger partial charge in [0.25, 0.3) is 0 Å². The Labute approximate surface area is 205 Å². The van der Waals surface area contributed by atoms with E-state index in [1.54, 1.807) is 0 Å². The highest BCUT2D eigenvalue weighted by Crippen LogP contribution is 2.38. The van der Waals surface area contributed by atoms with Crippen LogP contribution in [-0.4, -0.2) is 5.75 Å². The molecule has 0 aromatic heterocycles. The number of rotatable bonds is 20. The van der Waals surface area contributed by atoms with E-state index in [2.05, 4.69) is 46.8 Å². The van der Waals surface area contributed by atoms with E-state index in [-0.39, 0.29) is 5.75 Å². The third-order valence-corrected chi connectivity index (χ3v) is 7.69. The molecule has 0 heterocycles. The van der Waals surface area contributed by atoms with Gasteiger partial charge in [0.1, 0.15) is 0 Å². The Bertz CT molecular complexity index is 549. The fourth-order valence-corrected chi connectivity index (χ4v) is 5.43. The van der Waals surface area contributed by atoms with E-state index in [4.69, 9.17) is 0 Å². The molecule has 0 N–H and O–H groups in total. The first-order chi connectivity index (χ1) is 15.5. The summed E-state index contributed by atoms with van der Waals surface area (Å²) in [5.41, 5.74) is 1.98. The van der Waals surface area contributed by atoms with Crippen LogP contribution in [0.5, 0.6) is 5.75 Å². The summed E-state index contributed by atoms with van der Waals surface area (Å²) in [6.45, 7) is 10.8. The zero-order valence-electron chi connectivity index (χ0n) is 22.1. The predicted molar refractivity (Wildman–Crippen MR) is 145 cm³/mol. The molecule has 0 bridgehead atoms. The molecule has 0 amide bonds. The van der Waals surface area contributed by atoms with Gasteiger partial charge in [-0.1, -0.05) is 131 Å². The van der Waals surface area contributed by atoms with Crippen LogP contribution in [-0.2, 0) is 5.11 Å². The van der Waals surface area contributed by atoms with Crippen LogP contribution in [0.25, 0.3) is 0 Å². The minimum Gasteiger partial charge on any atom is -0.289 e. The Morgan fingerprint density at radius 2 is 0.938 bits per heavy atom. The number of hydrogen-bond donors (Lipinski definition) is 0. The number of benzene rings is 1. The van der Waals surface area contributed by atoms with Crippen molar-refractivity contribution in [2.24, 2.45) is 0 Å². The highest BCUT2D eigenvalue weighted by molar-refractivity contribution is 7.99. The van der Waals surface area contributed by atoms with Crippen molar-refractivity contribution in [1.29, 1.82) is 0 Å². The Morgan fingerprint density at radius 1 is 0.594 bits per heavy atom. The van der Waals surface area contributed by atoms with Crippen molar-refractivity contribution >= 4 is 11.8 Å². The molecule has 0 unspecified atom stereocenters. The molecule has 1 radical (unpaired) electrons. The molecule has 1 rings (SSSR count). The maximum Gasteiger partial charge on any atom is 0.185 e. The Balaban J connectivity index is 2.02. The fourth-order valence-electron chi connectivity index (χ4n) is 4.43. The average Bonchev–Trinajstić information content (AvgIpc) is 2.76. The largest absolute Gasteiger partial charge is 0.289 e. The van der Waals surface area contributed by atoms with Gasteiger partial charge < -0.3 is 0 Å². The highest BCUT2D eigenvalue weighted by atomic mass is 32.2. The normalized spacial score (nSPS) is 11.7. The first-order valence-corrected chi connectivity index (χ1v) is 14.9. The van der Waals surface area contributed by atoms with Gasteiger partial charge in [0.05, 0.1) is 0 Å². The van der Waals surface area contributed by atoms with Gasteiger partial charge >= 0.3 is 0 Å². The quantitative estimate of drug-likeness (QED) is 0.140. The van der Waals surface area contributed by atoms with Crippen LogP contribution in [0.15, 0.2) is 17.0 Å². The van der Waals surface area contributed by atoms with Crippen molar-refractivity contribution in [3.63, 3.8) is 0 Å². The standard InChI is InChI=1S/C30H53OS/c1-6-7-8-9-10-11-12-13-14-15-16-17-18-19-20-21-22-32-27-23-28(25(2)3)30(31)29(24-27)26(4)5/h23-26H,6-22H2,1-5H3. The smallest absolute Gasteiger partial charge is 0.185 e. The van der Waals surface area contributed by atoms with E-state index in [1.165, 1.54) is 113 Å². The van der Waals surface area contributed by atoms with Gasteiger partial charge in [-0.3, -0.25) is 5.11 Å². The van der Waals surface area contributed by atoms with Crippen LogP contribution in [0.2, 0.25) is 0 Å². The lowest BCUT2D eigenvalue weighted by atomic mass is 9.94. The third-order valence-electron chi connectivity index (χ3n) is 6.63. The van der Waals surface area contributed by atoms with Crippen LogP contribution < -0.4 is 0 Å². The molecule has 32 heavy (non-hydrogen) atoms. The summed E-state index contributed by atoms with van der Waals surface area (Å²) >= 11 is 1.94. The van der Waals surface area contributed by atoms with Gasteiger partial charge in [0.2, 0.25) is 0 Å². The van der Waals surface area contributed by atoms with Crippen molar-refractivity contribution in [1.82, 2.24) is 0 Å². The maximum atomic E-state index is 12.6. The number of unbranched alkanes of at least 4 members (excludes halogenated alkanes) is 15. The molecule has 0 saturated carbocycles. The van der Waals surface area contributed by atoms with E-state index in [9.17, 15) is 5.11 Å². The molecule has 0 aliphatic heterocycles. The molecule has 0 aliphatic rings. The Kier molecular flexibility index (Phi) is 17.2. The number of hydrogen-bond acceptors (Lipinski definition) is 1. The zero-order chi connectivity index (χ0) is 23.6. The summed E-state index contributed by atoms with van der Waals surface area (Å²) in [7, 11) is 0. The predicted octanol–water partition coefficient (Wildman–Crippen LogP) is 11.4. The molecular formula is C30H53OS. The lowest BCUT2D eigenvalue weighted by Crippen LogP contribution is -1.96. The Morgan fingerprint density at radius 3 is 1.28 bits per heavy atom. The van der Waals surface area contributed by atoms with Gasteiger partial charge in [0.15, 0.2) is 5.75 Å². The van der Waals surface area contributed by atoms with Crippen molar-refractivity contribution in [2.45, 2.75) is 154 Å². The number of thioether (sulfide) groups is 1. The molecule has 1 nitrogen and oxygen atoms in total. The topological polar surface area (TPSA) is 19.9 Å². The van der Waals surface area contributed by atoms with E-state index >= 15 is 0 Å². The van der Waals surface area contributed by atoms with E-state index in [1.807, 2.05) is 11.8 Å². The van der Waals surface area contributed by atoms with Gasteiger partial charge in [-0.15, -0.1) is 11.8 Å². The zero-order valence-corrected chi connectivity index (χ0v) is 23.0. The first kappa shape index (κ1) is 29.4. The van der Waals surface area contributed by atoms with Crippen LogP contribution in [0.4, 0.5) is 0 Å². The van der Waals surface area contributed by atoms with Crippen molar-refractivity contribution in [2.75, 3.05) is 5.75 Å². The highest BCUT2D eigenvalue weighted by Gasteiger charge is 2.16. The fraction of sp³-hybridized carbons (Fsp3) is 0.800. The van der Waals surface area contributed by atoms with Gasteiger partial charge in [0, 0.05) is 16.0 Å². The molecular weight excluding hydrogens is 408 g/mol. The summed E-state index contributed by atoms with van der Waals surface area (Å²) in [6, 6.07) is 4.30. The van der Waals surface area contributed by atoms with Crippen LogP contribution in [0.3, 0.4) is 0 Å². The van der Waals surface area contributed by atoms with Crippen LogP contribution >= 0.6 is 11.8 Å². The summed E-state index contributed by atoms with van der Waals surface area (Å²) in [6.07, 6.45) is 22.7. The van der Waals surface area contributed by atoms with Crippen molar-refractivity contribution in [3.05, 3.63) is 23.3 Å². The monoisotopic (exact) mass is 461 g/mol. The Hall–Kier alpha value is -0.630. The molecule has 0 spiro atoms. The second-order valence-corrected chi connectivity index (χ2v) is 11.6. The summed E-state index contributed by atoms with van der Waals surface area (Å²) in [5.74, 6) is 2.04. The van der Waals surface area contributed by atoms with Gasteiger partial charge in [-0.25, -0.2) is 0 Å². The molecule has 1 aromatic rings. The second-order valence-electron chi connectivity index (χ2n) is 10.4. The average molecular weight is 462 g/mol. The van der Waals surface area contributed by atoms with Crippen molar-refractivity contribution in [3.8, 4) is 5.75 Å². The minimum atomic E-state index is 0.266. The second kappa shape index (κ2) is 18.8. The summed E-state index contributed by atoms with van der Waals surface area (Å²) in [5, 5.41) is 12.6. The minimum absolute atomic E-state index is 0.266. The van der Waals surface area contributed by atoms with Crippen LogP contribution in [0, 0.1) is 0 Å². The van der Waals surface area contributed by atoms with Gasteiger partial charge in [-0.2, -0.15) is 0 Å². The molecule has 185 valence electrons. The summed E-state index contributed by atoms with van der Waals surface area (Å²) < 4.78 is 0. The maximum absolute atomic E-state index is 12.6. The molecule has 1 aromatic carbocycles. The molecule has 0 fully saturated rings. The van der Waals surface area contributed by atoms with E-state index in [0.29, 0.717) is 11.8 Å². The lowest BCUT2D eigenvalue weighted by molar-refractivity contribution is 0.341. The first-order valence-electron chi connectivity index (χ1n) is 13.9. The summed E-state index contributed by atoms with van der Waals surface area (Å²) in [4.78, 5) is 1.29. The third kappa shape index (κ3) is 13.2. The van der Waals surface area contributed by atoms with E-state index < -0.39 is 0 Å². The van der Waals surface area contributed by atoms with E-state index in [0.717, 1.165) is 11.1 Å². The van der Waals surface area contributed by atoms with Crippen LogP contribution in [0.1, 0.15) is 160 Å². The lowest BCUT2D eigenvalue weighted by Gasteiger charge is -2.15.